The van der Waals surface area contributed by atoms with Crippen LogP contribution >= 0.6 is 11.8 Å². The summed E-state index contributed by atoms with van der Waals surface area (Å²) >= 11 is 0.998. The summed E-state index contributed by atoms with van der Waals surface area (Å²) in [6.45, 7) is 4.14. The predicted molar refractivity (Wildman–Crippen MR) is 123 cm³/mol. The maximum absolute atomic E-state index is 13.8. The SMILES string of the molecule is CC(C)c1ccc(-c2c(C#N)c(N)nc(SCC(=O)Nc3ccccc3F)c2C#N)cc1. The number of amides is 1. The van der Waals surface area contributed by atoms with Crippen molar-refractivity contribution >= 4 is 29.2 Å². The lowest BCUT2D eigenvalue weighted by molar-refractivity contribution is -0.113. The molecule has 1 aromatic heterocycles. The van der Waals surface area contributed by atoms with Gasteiger partial charge in [-0.15, -0.1) is 0 Å². The van der Waals surface area contributed by atoms with Crippen molar-refractivity contribution in [2.45, 2.75) is 24.8 Å². The number of carbonyl (C=O) groups is 1. The van der Waals surface area contributed by atoms with Gasteiger partial charge in [-0.05, 0) is 29.2 Å². The van der Waals surface area contributed by atoms with Gasteiger partial charge < -0.3 is 11.1 Å². The molecule has 0 aliphatic carbocycles. The zero-order chi connectivity index (χ0) is 23.3. The second-order valence-electron chi connectivity index (χ2n) is 7.24. The van der Waals surface area contributed by atoms with E-state index in [0.29, 0.717) is 17.0 Å². The standard InChI is InChI=1S/C24H20FN5OS/c1-14(2)15-7-9-16(10-8-15)22-17(11-26)23(28)30-24(18(22)12-27)32-13-21(31)29-20-6-4-3-5-19(20)25/h3-10,14H,13H2,1-2H3,(H2,28,30)(H,29,31). The number of halogens is 1. The van der Waals surface area contributed by atoms with Gasteiger partial charge in [0.1, 0.15) is 34.4 Å². The van der Waals surface area contributed by atoms with Gasteiger partial charge in [0.15, 0.2) is 0 Å². The molecular formula is C24H20FN5OS. The average molecular weight is 446 g/mol. The number of nitriles is 2. The summed E-state index contributed by atoms with van der Waals surface area (Å²) in [5.41, 5.74) is 8.52. The molecule has 0 saturated carbocycles. The second-order valence-corrected chi connectivity index (χ2v) is 8.21. The van der Waals surface area contributed by atoms with Crippen molar-refractivity contribution in [1.82, 2.24) is 4.98 Å². The van der Waals surface area contributed by atoms with Gasteiger partial charge >= 0.3 is 0 Å². The number of para-hydroxylation sites is 1. The van der Waals surface area contributed by atoms with Crippen molar-refractivity contribution in [3.05, 3.63) is 71.0 Å². The third-order valence-electron chi connectivity index (χ3n) is 4.77. The lowest BCUT2D eigenvalue weighted by atomic mass is 9.94. The molecule has 3 aromatic rings. The Morgan fingerprint density at radius 2 is 1.78 bits per heavy atom. The van der Waals surface area contributed by atoms with Crippen molar-refractivity contribution in [1.29, 1.82) is 10.5 Å². The fraction of sp³-hybridized carbons (Fsp3) is 0.167. The normalized spacial score (nSPS) is 10.4. The van der Waals surface area contributed by atoms with Gasteiger partial charge in [0.25, 0.3) is 0 Å². The summed E-state index contributed by atoms with van der Waals surface area (Å²) in [5.74, 6) is -0.816. The molecule has 3 rings (SSSR count). The third-order valence-corrected chi connectivity index (χ3v) is 5.74. The molecule has 32 heavy (non-hydrogen) atoms. The third kappa shape index (κ3) is 4.88. The van der Waals surface area contributed by atoms with Crippen LogP contribution in [0.1, 0.15) is 36.5 Å². The van der Waals surface area contributed by atoms with Gasteiger partial charge in [-0.2, -0.15) is 10.5 Å². The highest BCUT2D eigenvalue weighted by Crippen LogP contribution is 2.36. The van der Waals surface area contributed by atoms with Gasteiger partial charge in [0.05, 0.1) is 17.0 Å². The largest absolute Gasteiger partial charge is 0.383 e. The lowest BCUT2D eigenvalue weighted by Crippen LogP contribution is -2.15. The number of hydrogen-bond donors (Lipinski definition) is 2. The number of hydrogen-bond acceptors (Lipinski definition) is 6. The van der Waals surface area contributed by atoms with Crippen LogP contribution in [0.5, 0.6) is 0 Å². The summed E-state index contributed by atoms with van der Waals surface area (Å²) in [4.78, 5) is 16.5. The van der Waals surface area contributed by atoms with E-state index in [1.807, 2.05) is 30.3 Å². The van der Waals surface area contributed by atoms with Gasteiger partial charge in [-0.1, -0.05) is 62.0 Å². The van der Waals surface area contributed by atoms with E-state index in [1.54, 1.807) is 6.07 Å². The van der Waals surface area contributed by atoms with E-state index < -0.39 is 11.7 Å². The number of aromatic nitrogens is 1. The van der Waals surface area contributed by atoms with Gasteiger partial charge in [0, 0.05) is 5.56 Å². The molecule has 3 N–H and O–H groups in total. The molecule has 0 bridgehead atoms. The molecule has 1 amide bonds. The highest BCUT2D eigenvalue weighted by molar-refractivity contribution is 8.00. The number of nitrogen functional groups attached to an aromatic ring is 1. The molecule has 160 valence electrons. The Morgan fingerprint density at radius 1 is 1.12 bits per heavy atom. The number of carbonyl (C=O) groups excluding carboxylic acids is 1. The van der Waals surface area contributed by atoms with E-state index >= 15 is 0 Å². The summed E-state index contributed by atoms with van der Waals surface area (Å²) in [6.07, 6.45) is 0. The van der Waals surface area contributed by atoms with Crippen LogP contribution in [0, 0.1) is 28.5 Å². The molecular weight excluding hydrogens is 425 g/mol. The number of thioether (sulfide) groups is 1. The fourth-order valence-electron chi connectivity index (χ4n) is 3.11. The van der Waals surface area contributed by atoms with Gasteiger partial charge in [-0.3, -0.25) is 4.79 Å². The molecule has 0 atom stereocenters. The van der Waals surface area contributed by atoms with E-state index in [9.17, 15) is 19.7 Å². The molecule has 0 aliphatic rings. The smallest absolute Gasteiger partial charge is 0.234 e. The summed E-state index contributed by atoms with van der Waals surface area (Å²) in [6, 6.07) is 17.5. The van der Waals surface area contributed by atoms with Crippen molar-refractivity contribution in [2.75, 3.05) is 16.8 Å². The molecule has 0 radical (unpaired) electrons. The Balaban J connectivity index is 1.94. The Hall–Kier alpha value is -3.88. The zero-order valence-corrected chi connectivity index (χ0v) is 18.3. The van der Waals surface area contributed by atoms with Crippen molar-refractivity contribution in [3.8, 4) is 23.3 Å². The Kier molecular flexibility index (Phi) is 7.09. The minimum absolute atomic E-state index is 0.0218. The summed E-state index contributed by atoms with van der Waals surface area (Å²) < 4.78 is 13.8. The Morgan fingerprint density at radius 3 is 2.38 bits per heavy atom. The molecule has 1 heterocycles. The topological polar surface area (TPSA) is 116 Å². The highest BCUT2D eigenvalue weighted by atomic mass is 32.2. The number of benzene rings is 2. The van der Waals surface area contributed by atoms with Crippen molar-refractivity contribution in [2.24, 2.45) is 0 Å². The summed E-state index contributed by atoms with van der Waals surface area (Å²) in [5, 5.41) is 22.2. The predicted octanol–water partition coefficient (Wildman–Crippen LogP) is 5.07. The number of nitrogens with one attached hydrogen (secondary N) is 1. The number of anilines is 2. The van der Waals surface area contributed by atoms with Crippen molar-refractivity contribution in [3.63, 3.8) is 0 Å². The van der Waals surface area contributed by atoms with E-state index in [1.165, 1.54) is 18.2 Å². The molecule has 6 nitrogen and oxygen atoms in total. The minimum atomic E-state index is -0.545. The van der Waals surface area contributed by atoms with E-state index in [4.69, 9.17) is 5.73 Å². The minimum Gasteiger partial charge on any atom is -0.383 e. The van der Waals surface area contributed by atoms with Crippen LogP contribution in [-0.2, 0) is 4.79 Å². The van der Waals surface area contributed by atoms with Crippen LogP contribution in [0.25, 0.3) is 11.1 Å². The first-order chi connectivity index (χ1) is 15.3. The number of nitrogens with zero attached hydrogens (tertiary/aromatic N) is 3. The molecule has 8 heteroatoms. The van der Waals surface area contributed by atoms with E-state index in [2.05, 4.69) is 30.2 Å². The first kappa shape index (κ1) is 22.8. The maximum Gasteiger partial charge on any atom is 0.234 e. The molecule has 0 saturated heterocycles. The van der Waals surface area contributed by atoms with Gasteiger partial charge in [-0.25, -0.2) is 9.37 Å². The monoisotopic (exact) mass is 445 g/mol. The van der Waals surface area contributed by atoms with Crippen LogP contribution < -0.4 is 11.1 Å². The number of nitrogens with two attached hydrogens (primary N) is 1. The molecule has 0 fully saturated rings. The molecule has 0 unspecified atom stereocenters. The number of pyridine rings is 1. The highest BCUT2D eigenvalue weighted by Gasteiger charge is 2.21. The molecule has 0 spiro atoms. The van der Waals surface area contributed by atoms with Gasteiger partial charge in [0.2, 0.25) is 5.91 Å². The zero-order valence-electron chi connectivity index (χ0n) is 17.5. The Labute approximate surface area is 189 Å². The summed E-state index contributed by atoms with van der Waals surface area (Å²) in [7, 11) is 0. The number of rotatable bonds is 6. The average Bonchev–Trinajstić information content (AvgIpc) is 2.78. The first-order valence-electron chi connectivity index (χ1n) is 9.76. The Bertz CT molecular complexity index is 1240. The maximum atomic E-state index is 13.8. The van der Waals surface area contributed by atoms with Crippen LogP contribution in [0.3, 0.4) is 0 Å². The van der Waals surface area contributed by atoms with Crippen LogP contribution in [-0.4, -0.2) is 16.6 Å². The quantitative estimate of drug-likeness (QED) is 0.512. The first-order valence-corrected chi connectivity index (χ1v) is 10.8. The fourth-order valence-corrected chi connectivity index (χ4v) is 3.90. The van der Waals surface area contributed by atoms with Crippen LogP contribution in [0.4, 0.5) is 15.9 Å². The van der Waals surface area contributed by atoms with Crippen LogP contribution in [0.15, 0.2) is 53.6 Å². The van der Waals surface area contributed by atoms with E-state index in [0.717, 1.165) is 17.3 Å². The van der Waals surface area contributed by atoms with E-state index in [-0.39, 0.29) is 33.4 Å². The van der Waals surface area contributed by atoms with Crippen molar-refractivity contribution < 1.29 is 9.18 Å². The molecule has 0 aliphatic heterocycles. The molecule has 2 aromatic carbocycles. The second kappa shape index (κ2) is 9.95. The van der Waals surface area contributed by atoms with Crippen LogP contribution in [0.2, 0.25) is 0 Å². The lowest BCUT2D eigenvalue weighted by Gasteiger charge is -2.14.